The van der Waals surface area contributed by atoms with Crippen molar-refractivity contribution in [2.45, 2.75) is 30.7 Å². The molecule has 0 amide bonds. The van der Waals surface area contributed by atoms with Crippen LogP contribution in [0.15, 0.2) is 12.7 Å². The van der Waals surface area contributed by atoms with Crippen LogP contribution in [0.1, 0.15) is 13.8 Å². The molecule has 2 unspecified atom stereocenters. The van der Waals surface area contributed by atoms with Gasteiger partial charge in [0.1, 0.15) is 6.04 Å². The molecule has 1 rings (SSSR count). The Bertz CT molecular complexity index is 240. The summed E-state index contributed by atoms with van der Waals surface area (Å²) in [4.78, 5) is 11.3. The Kier molecular flexibility index (Phi) is 3.61. The van der Waals surface area contributed by atoms with Gasteiger partial charge in [0, 0.05) is 16.5 Å². The molecule has 2 atom stereocenters. The standard InChI is InChI=1S/C10H17NO2S/c1-5-7(9(12)13-4)11-8-6-14-10(8,2)3/h5,7-8,11H,1,6H2,2-4H3. The zero-order chi connectivity index (χ0) is 10.8. The van der Waals surface area contributed by atoms with Gasteiger partial charge < -0.3 is 4.74 Å². The molecule has 0 bridgehead atoms. The Labute approximate surface area is 89.3 Å². The van der Waals surface area contributed by atoms with E-state index in [1.54, 1.807) is 6.08 Å². The van der Waals surface area contributed by atoms with Gasteiger partial charge in [0.15, 0.2) is 0 Å². The summed E-state index contributed by atoms with van der Waals surface area (Å²) in [5, 5.41) is 3.23. The molecular weight excluding hydrogens is 198 g/mol. The molecule has 0 aromatic carbocycles. The zero-order valence-electron chi connectivity index (χ0n) is 8.87. The molecule has 14 heavy (non-hydrogen) atoms. The minimum atomic E-state index is -0.384. The Hall–Kier alpha value is -0.480. The molecule has 1 aliphatic heterocycles. The highest BCUT2D eigenvalue weighted by molar-refractivity contribution is 8.02. The summed E-state index contributed by atoms with van der Waals surface area (Å²) in [7, 11) is 1.39. The van der Waals surface area contributed by atoms with Gasteiger partial charge in [0.2, 0.25) is 0 Å². The second-order valence-electron chi connectivity index (χ2n) is 3.87. The van der Waals surface area contributed by atoms with Crippen molar-refractivity contribution in [3.63, 3.8) is 0 Å². The van der Waals surface area contributed by atoms with Gasteiger partial charge in [-0.25, -0.2) is 0 Å². The topological polar surface area (TPSA) is 38.3 Å². The number of hydrogen-bond donors (Lipinski definition) is 1. The van der Waals surface area contributed by atoms with Crippen LogP contribution in [-0.2, 0) is 9.53 Å². The predicted octanol–water partition coefficient (Wildman–Crippen LogP) is 1.20. The average molecular weight is 215 g/mol. The summed E-state index contributed by atoms with van der Waals surface area (Å²) in [5.74, 6) is 0.765. The maximum atomic E-state index is 11.3. The van der Waals surface area contributed by atoms with E-state index in [9.17, 15) is 4.79 Å². The van der Waals surface area contributed by atoms with Crippen LogP contribution in [0, 0.1) is 0 Å². The molecular formula is C10H17NO2S. The fourth-order valence-electron chi connectivity index (χ4n) is 1.32. The van der Waals surface area contributed by atoms with E-state index in [-0.39, 0.29) is 16.8 Å². The minimum absolute atomic E-state index is 0.204. The largest absolute Gasteiger partial charge is 0.468 e. The van der Waals surface area contributed by atoms with Gasteiger partial charge in [-0.05, 0) is 13.8 Å². The Morgan fingerprint density at radius 2 is 2.43 bits per heavy atom. The van der Waals surface area contributed by atoms with E-state index < -0.39 is 0 Å². The van der Waals surface area contributed by atoms with Crippen LogP contribution in [0.2, 0.25) is 0 Å². The highest BCUT2D eigenvalue weighted by Crippen LogP contribution is 2.40. The molecule has 3 nitrogen and oxygen atoms in total. The van der Waals surface area contributed by atoms with Gasteiger partial charge in [0.25, 0.3) is 0 Å². The molecule has 1 N–H and O–H groups in total. The summed E-state index contributed by atoms with van der Waals surface area (Å²) < 4.78 is 4.87. The highest BCUT2D eigenvalue weighted by Gasteiger charge is 2.40. The lowest BCUT2D eigenvalue weighted by Gasteiger charge is -2.45. The Balaban J connectivity index is 2.49. The van der Waals surface area contributed by atoms with Crippen LogP contribution in [0.5, 0.6) is 0 Å². The second kappa shape index (κ2) is 4.36. The first kappa shape index (κ1) is 11.6. The highest BCUT2D eigenvalue weighted by atomic mass is 32.2. The van der Waals surface area contributed by atoms with Gasteiger partial charge in [-0.1, -0.05) is 6.08 Å². The van der Waals surface area contributed by atoms with Crippen LogP contribution >= 0.6 is 11.8 Å². The fraction of sp³-hybridized carbons (Fsp3) is 0.700. The molecule has 80 valence electrons. The number of thioether (sulfide) groups is 1. The summed E-state index contributed by atoms with van der Waals surface area (Å²) in [5.41, 5.74) is 0. The van der Waals surface area contributed by atoms with Crippen molar-refractivity contribution < 1.29 is 9.53 Å². The third-order valence-corrected chi connectivity index (χ3v) is 4.06. The van der Waals surface area contributed by atoms with Crippen molar-refractivity contribution in [1.29, 1.82) is 0 Å². The molecule has 1 fully saturated rings. The number of methoxy groups -OCH3 is 1. The quantitative estimate of drug-likeness (QED) is 0.565. The van der Waals surface area contributed by atoms with Crippen LogP contribution in [0.25, 0.3) is 0 Å². The van der Waals surface area contributed by atoms with Crippen molar-refractivity contribution in [2.24, 2.45) is 0 Å². The minimum Gasteiger partial charge on any atom is -0.468 e. The predicted molar refractivity (Wildman–Crippen MR) is 59.5 cm³/mol. The Morgan fingerprint density at radius 1 is 1.79 bits per heavy atom. The molecule has 0 saturated carbocycles. The van der Waals surface area contributed by atoms with Crippen molar-refractivity contribution >= 4 is 17.7 Å². The van der Waals surface area contributed by atoms with Crippen molar-refractivity contribution in [3.8, 4) is 0 Å². The zero-order valence-corrected chi connectivity index (χ0v) is 9.69. The monoisotopic (exact) mass is 215 g/mol. The van der Waals surface area contributed by atoms with Gasteiger partial charge in [-0.15, -0.1) is 6.58 Å². The molecule has 0 radical (unpaired) electrons. The first-order valence-electron chi connectivity index (χ1n) is 4.61. The first-order valence-corrected chi connectivity index (χ1v) is 5.60. The van der Waals surface area contributed by atoms with E-state index in [4.69, 9.17) is 0 Å². The summed E-state index contributed by atoms with van der Waals surface area (Å²) in [6, 6.07) is -0.0280. The molecule has 0 aliphatic carbocycles. The SMILES string of the molecule is C=CC(NC1CSC1(C)C)C(=O)OC. The van der Waals surface area contributed by atoms with Crippen LogP contribution in [0.3, 0.4) is 0 Å². The van der Waals surface area contributed by atoms with Gasteiger partial charge in [0.05, 0.1) is 7.11 Å². The number of nitrogens with one attached hydrogen (secondary N) is 1. The van der Waals surface area contributed by atoms with E-state index in [1.165, 1.54) is 7.11 Å². The van der Waals surface area contributed by atoms with Crippen molar-refractivity contribution in [1.82, 2.24) is 5.32 Å². The van der Waals surface area contributed by atoms with Gasteiger partial charge in [-0.2, -0.15) is 11.8 Å². The fourth-order valence-corrected chi connectivity index (χ4v) is 2.49. The van der Waals surface area contributed by atoms with Gasteiger partial charge >= 0.3 is 5.97 Å². The number of esters is 1. The summed E-state index contributed by atoms with van der Waals surface area (Å²) in [6.45, 7) is 7.95. The number of ether oxygens (including phenoxy) is 1. The normalized spacial score (nSPS) is 26.1. The summed E-state index contributed by atoms with van der Waals surface area (Å²) in [6.07, 6.45) is 1.59. The lowest BCUT2D eigenvalue weighted by molar-refractivity contribution is -0.142. The van der Waals surface area contributed by atoms with E-state index in [0.717, 1.165) is 5.75 Å². The van der Waals surface area contributed by atoms with E-state index >= 15 is 0 Å². The van der Waals surface area contributed by atoms with Crippen LogP contribution in [-0.4, -0.2) is 35.7 Å². The molecule has 0 aromatic heterocycles. The molecule has 1 saturated heterocycles. The molecule has 4 heteroatoms. The van der Waals surface area contributed by atoms with E-state index in [1.807, 2.05) is 11.8 Å². The third kappa shape index (κ3) is 2.30. The van der Waals surface area contributed by atoms with E-state index in [2.05, 4.69) is 30.5 Å². The lowest BCUT2D eigenvalue weighted by atomic mass is 10.0. The van der Waals surface area contributed by atoms with Gasteiger partial charge in [-0.3, -0.25) is 10.1 Å². The number of rotatable bonds is 4. The van der Waals surface area contributed by atoms with Crippen LogP contribution < -0.4 is 5.32 Å². The number of hydrogen-bond acceptors (Lipinski definition) is 4. The number of carbonyl (C=O) groups is 1. The maximum absolute atomic E-state index is 11.3. The molecule has 1 aliphatic rings. The lowest BCUT2D eigenvalue weighted by Crippen LogP contribution is -2.58. The second-order valence-corrected chi connectivity index (χ2v) is 5.54. The third-order valence-electron chi connectivity index (χ3n) is 2.53. The average Bonchev–Trinajstić information content (AvgIpc) is 2.16. The smallest absolute Gasteiger partial charge is 0.326 e. The number of carbonyl (C=O) groups excluding carboxylic acids is 1. The van der Waals surface area contributed by atoms with Crippen molar-refractivity contribution in [3.05, 3.63) is 12.7 Å². The first-order chi connectivity index (χ1) is 6.51. The van der Waals surface area contributed by atoms with Crippen LogP contribution in [0.4, 0.5) is 0 Å². The van der Waals surface area contributed by atoms with E-state index in [0.29, 0.717) is 6.04 Å². The maximum Gasteiger partial charge on any atom is 0.326 e. The van der Waals surface area contributed by atoms with Crippen molar-refractivity contribution in [2.75, 3.05) is 12.9 Å². The Morgan fingerprint density at radius 3 is 2.71 bits per heavy atom. The molecule has 0 spiro atoms. The molecule has 0 aromatic rings. The molecule has 1 heterocycles. The summed E-state index contributed by atoms with van der Waals surface area (Å²) >= 11 is 1.89.